The van der Waals surface area contributed by atoms with Crippen LogP contribution in [0.4, 0.5) is 0 Å². The molecule has 0 saturated heterocycles. The van der Waals surface area contributed by atoms with Crippen LogP contribution < -0.4 is 0 Å². The highest BCUT2D eigenvalue weighted by Gasteiger charge is 2.00. The third-order valence-electron chi connectivity index (χ3n) is 2.14. The first-order valence-corrected chi connectivity index (χ1v) is 6.85. The Balaban J connectivity index is 0. The van der Waals surface area contributed by atoms with E-state index >= 15 is 0 Å². The molecule has 102 valence electrons. The third-order valence-corrected chi connectivity index (χ3v) is 2.43. The first-order valence-electron chi connectivity index (χ1n) is 6.32. The second-order valence-corrected chi connectivity index (χ2v) is 4.48. The Morgan fingerprint density at radius 3 is 1.83 bits per heavy atom. The molecule has 1 heteroatoms. The van der Waals surface area contributed by atoms with Gasteiger partial charge in [0.25, 0.3) is 0 Å². The predicted octanol–water partition coefficient (Wildman–Crippen LogP) is 6.22. The molecule has 0 unspecified atom stereocenters. The maximum Gasteiger partial charge on any atom is 0.0476 e. The number of hydrogen-bond donors (Lipinski definition) is 0. The van der Waals surface area contributed by atoms with Crippen molar-refractivity contribution in [3.8, 4) is 0 Å². The zero-order valence-electron chi connectivity index (χ0n) is 12.7. The van der Waals surface area contributed by atoms with Gasteiger partial charge in [-0.05, 0) is 44.4 Å². The smallest absolute Gasteiger partial charge is 0.0476 e. The van der Waals surface area contributed by atoms with Crippen LogP contribution in [-0.2, 0) is 0 Å². The largest absolute Gasteiger partial charge is 0.122 e. The van der Waals surface area contributed by atoms with Gasteiger partial charge < -0.3 is 0 Å². The van der Waals surface area contributed by atoms with E-state index in [2.05, 4.69) is 33.1 Å². The van der Waals surface area contributed by atoms with Crippen molar-refractivity contribution >= 4 is 11.6 Å². The Morgan fingerprint density at radius 1 is 1.00 bits per heavy atom. The van der Waals surface area contributed by atoms with E-state index in [1.807, 2.05) is 39.8 Å². The third kappa shape index (κ3) is 9.07. The zero-order chi connectivity index (χ0) is 14.7. The molecule has 0 aliphatic carbocycles. The van der Waals surface area contributed by atoms with Gasteiger partial charge in [0.05, 0.1) is 0 Å². The second kappa shape index (κ2) is 11.1. The van der Waals surface area contributed by atoms with Gasteiger partial charge in [-0.15, -0.1) is 11.6 Å². The molecule has 0 atom stereocenters. The number of hydrogen-bond acceptors (Lipinski definition) is 0. The van der Waals surface area contributed by atoms with E-state index in [0.717, 1.165) is 22.3 Å². The molecule has 0 aromatic carbocycles. The summed E-state index contributed by atoms with van der Waals surface area (Å²) in [7, 11) is 0. The molecule has 0 aliphatic heterocycles. The lowest BCUT2D eigenvalue weighted by molar-refractivity contribution is 1.29. The fraction of sp³-hybridized carbons (Fsp3) is 0.412. The number of halogens is 1. The van der Waals surface area contributed by atoms with Crippen molar-refractivity contribution in [3.63, 3.8) is 0 Å². The fourth-order valence-corrected chi connectivity index (χ4v) is 1.45. The van der Waals surface area contributed by atoms with Gasteiger partial charge in [-0.1, -0.05) is 56.4 Å². The first kappa shape index (κ1) is 19.3. The molecule has 0 radical (unpaired) electrons. The molecule has 0 heterocycles. The van der Waals surface area contributed by atoms with Crippen LogP contribution in [0.5, 0.6) is 0 Å². The minimum absolute atomic E-state index is 0.511. The van der Waals surface area contributed by atoms with E-state index in [0.29, 0.717) is 5.88 Å². The molecule has 0 rings (SSSR count). The lowest BCUT2D eigenvalue weighted by Crippen LogP contribution is -1.90. The Kier molecular flexibility index (Phi) is 11.9. The average molecular weight is 267 g/mol. The molecule has 0 bridgehead atoms. The molecule has 0 amide bonds. The van der Waals surface area contributed by atoms with Crippen LogP contribution in [0.15, 0.2) is 59.3 Å². The molecule has 0 N–H and O–H groups in total. The number of allylic oxidation sites excluding steroid dienone is 8. The van der Waals surface area contributed by atoms with Gasteiger partial charge in [0, 0.05) is 5.88 Å². The van der Waals surface area contributed by atoms with Gasteiger partial charge in [0.2, 0.25) is 0 Å². The van der Waals surface area contributed by atoms with E-state index in [4.69, 9.17) is 11.6 Å². The fourth-order valence-electron chi connectivity index (χ4n) is 1.17. The molecule has 0 aromatic rings. The van der Waals surface area contributed by atoms with Crippen molar-refractivity contribution in [2.75, 3.05) is 5.88 Å². The van der Waals surface area contributed by atoms with Gasteiger partial charge in [-0.25, -0.2) is 0 Å². The highest BCUT2D eigenvalue weighted by Crippen LogP contribution is 2.18. The van der Waals surface area contributed by atoms with Crippen LogP contribution in [0.1, 0.15) is 41.5 Å². The summed E-state index contributed by atoms with van der Waals surface area (Å²) in [4.78, 5) is 0. The summed E-state index contributed by atoms with van der Waals surface area (Å²) in [6, 6.07) is 0. The summed E-state index contributed by atoms with van der Waals surface area (Å²) in [5.74, 6) is 0.511. The van der Waals surface area contributed by atoms with Crippen LogP contribution in [0.2, 0.25) is 0 Å². The van der Waals surface area contributed by atoms with E-state index < -0.39 is 0 Å². The van der Waals surface area contributed by atoms with Crippen molar-refractivity contribution in [1.82, 2.24) is 0 Å². The molecular formula is C17H27Cl. The molecule has 0 aliphatic rings. The predicted molar refractivity (Wildman–Crippen MR) is 87.3 cm³/mol. The normalized spacial score (nSPS) is 11.3. The van der Waals surface area contributed by atoms with Crippen molar-refractivity contribution in [2.45, 2.75) is 41.5 Å². The molecule has 0 aromatic heterocycles. The highest BCUT2D eigenvalue weighted by molar-refractivity contribution is 6.19. The summed E-state index contributed by atoms with van der Waals surface area (Å²) in [6.45, 7) is 20.0. The standard InChI is InChI=1S/C15H21Cl.C2H6/c1-11(2)7-8-13(5)14(6)15(10-16)9-12(3)4;1-2/h7-9H,1,5,10H2,2-4,6H3;1-2H3/b8-7-,15-14-;. The van der Waals surface area contributed by atoms with E-state index in [9.17, 15) is 0 Å². The Labute approximate surface area is 118 Å². The lowest BCUT2D eigenvalue weighted by Gasteiger charge is -2.06. The maximum atomic E-state index is 5.93. The van der Waals surface area contributed by atoms with E-state index in [1.54, 1.807) is 0 Å². The first-order chi connectivity index (χ1) is 8.38. The molecule has 0 nitrogen and oxygen atoms in total. The highest BCUT2D eigenvalue weighted by atomic mass is 35.5. The van der Waals surface area contributed by atoms with Gasteiger partial charge in [0.15, 0.2) is 0 Å². The van der Waals surface area contributed by atoms with Gasteiger partial charge in [0.1, 0.15) is 0 Å². The number of alkyl halides is 1. The van der Waals surface area contributed by atoms with Crippen LogP contribution in [0, 0.1) is 0 Å². The van der Waals surface area contributed by atoms with Crippen molar-refractivity contribution in [3.05, 3.63) is 59.3 Å². The topological polar surface area (TPSA) is 0 Å². The monoisotopic (exact) mass is 266 g/mol. The van der Waals surface area contributed by atoms with Gasteiger partial charge >= 0.3 is 0 Å². The van der Waals surface area contributed by atoms with Crippen molar-refractivity contribution < 1.29 is 0 Å². The Morgan fingerprint density at radius 2 is 1.50 bits per heavy atom. The van der Waals surface area contributed by atoms with Crippen LogP contribution in [0.3, 0.4) is 0 Å². The number of rotatable bonds is 5. The second-order valence-electron chi connectivity index (χ2n) is 4.21. The summed E-state index contributed by atoms with van der Waals surface area (Å²) >= 11 is 5.93. The quantitative estimate of drug-likeness (QED) is 0.409. The van der Waals surface area contributed by atoms with Crippen LogP contribution in [0.25, 0.3) is 0 Å². The zero-order valence-corrected chi connectivity index (χ0v) is 13.5. The average Bonchev–Trinajstić information content (AvgIpc) is 2.34. The van der Waals surface area contributed by atoms with E-state index in [1.165, 1.54) is 5.57 Å². The molecule has 18 heavy (non-hydrogen) atoms. The Hall–Kier alpha value is -1.01. The molecule has 0 fully saturated rings. The minimum atomic E-state index is 0.511. The van der Waals surface area contributed by atoms with Crippen molar-refractivity contribution in [1.29, 1.82) is 0 Å². The molecule has 0 spiro atoms. The SMILES string of the molecule is C=C(C)/C=C\C(=C)/C(C)=C(/C=C(C)C)CCl.CC. The maximum absolute atomic E-state index is 5.93. The summed E-state index contributed by atoms with van der Waals surface area (Å²) < 4.78 is 0. The summed E-state index contributed by atoms with van der Waals surface area (Å²) in [6.07, 6.45) is 6.03. The summed E-state index contributed by atoms with van der Waals surface area (Å²) in [5, 5.41) is 0. The van der Waals surface area contributed by atoms with Gasteiger partial charge in [-0.3, -0.25) is 0 Å². The molecular weight excluding hydrogens is 240 g/mol. The molecule has 0 saturated carbocycles. The minimum Gasteiger partial charge on any atom is -0.122 e. The van der Waals surface area contributed by atoms with Crippen molar-refractivity contribution in [2.24, 2.45) is 0 Å². The van der Waals surface area contributed by atoms with E-state index in [-0.39, 0.29) is 0 Å². The lowest BCUT2D eigenvalue weighted by atomic mass is 10.0. The van der Waals surface area contributed by atoms with Crippen LogP contribution in [-0.4, -0.2) is 5.88 Å². The Bertz CT molecular complexity index is 361. The van der Waals surface area contributed by atoms with Gasteiger partial charge in [-0.2, -0.15) is 0 Å². The summed E-state index contributed by atoms with van der Waals surface area (Å²) in [5.41, 5.74) is 5.50. The van der Waals surface area contributed by atoms with Crippen LogP contribution >= 0.6 is 11.6 Å².